The van der Waals surface area contributed by atoms with E-state index in [-0.39, 0.29) is 11.9 Å². The van der Waals surface area contributed by atoms with Gasteiger partial charge >= 0.3 is 0 Å². The molecule has 26 heavy (non-hydrogen) atoms. The Balaban J connectivity index is 1.56. The number of aromatic nitrogens is 3. The molecule has 3 rings (SSSR count). The standard InChI is InChI=1S/C19H22N6O/c1-4-5-12-19(23-24-19)13-11-17(26)20-14(2)18-15(3)21-25(22-18)16-9-7-6-8-10-16/h1,6-10,14H,5,11-13H2,2-3H3,(H,20,26). The Morgan fingerprint density at radius 1 is 1.27 bits per heavy atom. The smallest absolute Gasteiger partial charge is 0.220 e. The van der Waals surface area contributed by atoms with Crippen molar-refractivity contribution in [3.63, 3.8) is 0 Å². The molecule has 2 aromatic rings. The van der Waals surface area contributed by atoms with Crippen LogP contribution >= 0.6 is 0 Å². The predicted molar refractivity (Wildman–Crippen MR) is 97.5 cm³/mol. The summed E-state index contributed by atoms with van der Waals surface area (Å²) in [5.41, 5.74) is 2.00. The number of amides is 1. The van der Waals surface area contributed by atoms with Crippen molar-refractivity contribution in [2.24, 2.45) is 10.2 Å². The quantitative estimate of drug-likeness (QED) is 0.742. The molecule has 1 aliphatic rings. The molecular formula is C19H22N6O. The van der Waals surface area contributed by atoms with Gasteiger partial charge in [-0.2, -0.15) is 25.2 Å². The fourth-order valence-electron chi connectivity index (χ4n) is 2.83. The molecule has 0 spiro atoms. The van der Waals surface area contributed by atoms with Gasteiger partial charge in [-0.15, -0.1) is 12.3 Å². The number of rotatable bonds is 8. The van der Waals surface area contributed by atoms with E-state index in [2.05, 4.69) is 31.7 Å². The molecule has 0 aliphatic carbocycles. The highest BCUT2D eigenvalue weighted by molar-refractivity contribution is 5.76. The van der Waals surface area contributed by atoms with Crippen LogP contribution in [0, 0.1) is 19.3 Å². The normalized spacial score (nSPS) is 15.3. The average molecular weight is 350 g/mol. The lowest BCUT2D eigenvalue weighted by Crippen LogP contribution is -2.28. The highest BCUT2D eigenvalue weighted by atomic mass is 16.1. The van der Waals surface area contributed by atoms with E-state index < -0.39 is 5.66 Å². The van der Waals surface area contributed by atoms with Crippen molar-refractivity contribution in [2.75, 3.05) is 0 Å². The fourth-order valence-corrected chi connectivity index (χ4v) is 2.83. The number of carbonyl (C=O) groups excluding carboxylic acids is 1. The molecule has 1 atom stereocenters. The number of benzene rings is 1. The van der Waals surface area contributed by atoms with E-state index in [1.165, 1.54) is 0 Å². The summed E-state index contributed by atoms with van der Waals surface area (Å²) >= 11 is 0. The molecule has 0 saturated heterocycles. The summed E-state index contributed by atoms with van der Waals surface area (Å²) in [4.78, 5) is 13.9. The highest BCUT2D eigenvalue weighted by Gasteiger charge is 2.39. The van der Waals surface area contributed by atoms with Gasteiger partial charge in [0.1, 0.15) is 5.69 Å². The first-order chi connectivity index (χ1) is 12.5. The van der Waals surface area contributed by atoms with Gasteiger partial charge in [0.15, 0.2) is 5.66 Å². The van der Waals surface area contributed by atoms with Gasteiger partial charge in [-0.25, -0.2) is 0 Å². The largest absolute Gasteiger partial charge is 0.348 e. The molecule has 1 aromatic carbocycles. The summed E-state index contributed by atoms with van der Waals surface area (Å²) in [5.74, 6) is 2.54. The van der Waals surface area contributed by atoms with Gasteiger partial charge in [0.05, 0.1) is 17.4 Å². The number of nitrogens with zero attached hydrogens (tertiary/aromatic N) is 5. The van der Waals surface area contributed by atoms with E-state index in [1.807, 2.05) is 44.2 Å². The number of para-hydroxylation sites is 1. The van der Waals surface area contributed by atoms with Crippen molar-refractivity contribution in [3.8, 4) is 18.0 Å². The monoisotopic (exact) mass is 350 g/mol. The Morgan fingerprint density at radius 2 is 2.00 bits per heavy atom. The van der Waals surface area contributed by atoms with Gasteiger partial charge in [-0.3, -0.25) is 4.79 Å². The van der Waals surface area contributed by atoms with E-state index in [0.29, 0.717) is 25.7 Å². The zero-order valence-corrected chi connectivity index (χ0v) is 15.0. The van der Waals surface area contributed by atoms with E-state index in [0.717, 1.165) is 17.1 Å². The van der Waals surface area contributed by atoms with Crippen molar-refractivity contribution in [1.29, 1.82) is 0 Å². The third-order valence-corrected chi connectivity index (χ3v) is 4.40. The molecule has 1 unspecified atom stereocenters. The van der Waals surface area contributed by atoms with Crippen molar-refractivity contribution in [2.45, 2.75) is 51.2 Å². The maximum absolute atomic E-state index is 12.3. The zero-order valence-electron chi connectivity index (χ0n) is 15.0. The summed E-state index contributed by atoms with van der Waals surface area (Å²) in [5, 5.41) is 20.1. The first-order valence-corrected chi connectivity index (χ1v) is 8.69. The van der Waals surface area contributed by atoms with Crippen LogP contribution in [-0.4, -0.2) is 26.6 Å². The molecule has 1 aliphatic heterocycles. The summed E-state index contributed by atoms with van der Waals surface area (Å²) in [6.07, 6.45) is 7.54. The maximum atomic E-state index is 12.3. The van der Waals surface area contributed by atoms with Crippen molar-refractivity contribution in [1.82, 2.24) is 20.3 Å². The second kappa shape index (κ2) is 7.48. The molecule has 1 N–H and O–H groups in total. The molecule has 0 radical (unpaired) electrons. The van der Waals surface area contributed by atoms with Crippen LogP contribution in [0.15, 0.2) is 40.6 Å². The Bertz CT molecular complexity index is 843. The third-order valence-electron chi connectivity index (χ3n) is 4.40. The number of hydrogen-bond acceptors (Lipinski definition) is 5. The van der Waals surface area contributed by atoms with Crippen LogP contribution in [0.1, 0.15) is 50.0 Å². The minimum absolute atomic E-state index is 0.0523. The van der Waals surface area contributed by atoms with Gasteiger partial charge in [-0.05, 0) is 26.0 Å². The molecule has 2 heterocycles. The first-order valence-electron chi connectivity index (χ1n) is 8.69. The summed E-state index contributed by atoms with van der Waals surface area (Å²) in [6.45, 7) is 3.80. The Morgan fingerprint density at radius 3 is 2.65 bits per heavy atom. The number of aryl methyl sites for hydroxylation is 1. The van der Waals surface area contributed by atoms with Gasteiger partial charge in [0.2, 0.25) is 5.91 Å². The molecular weight excluding hydrogens is 328 g/mol. The van der Waals surface area contributed by atoms with E-state index in [1.54, 1.807) is 4.80 Å². The van der Waals surface area contributed by atoms with Crippen LogP contribution in [-0.2, 0) is 4.79 Å². The Kier molecular flexibility index (Phi) is 5.12. The summed E-state index contributed by atoms with van der Waals surface area (Å²) in [7, 11) is 0. The topological polar surface area (TPSA) is 84.5 Å². The van der Waals surface area contributed by atoms with Crippen LogP contribution in [0.3, 0.4) is 0 Å². The Hall–Kier alpha value is -3.01. The van der Waals surface area contributed by atoms with Crippen LogP contribution in [0.5, 0.6) is 0 Å². The first kappa shape index (κ1) is 17.8. The minimum Gasteiger partial charge on any atom is -0.348 e. The second-order valence-corrected chi connectivity index (χ2v) is 6.47. The van der Waals surface area contributed by atoms with Crippen LogP contribution < -0.4 is 5.32 Å². The number of terminal acetylenes is 1. The number of nitrogens with one attached hydrogen (secondary N) is 1. The lowest BCUT2D eigenvalue weighted by molar-refractivity contribution is -0.122. The van der Waals surface area contributed by atoms with Gasteiger partial charge in [0.25, 0.3) is 0 Å². The van der Waals surface area contributed by atoms with Crippen LogP contribution in [0.2, 0.25) is 0 Å². The lowest BCUT2D eigenvalue weighted by atomic mass is 10.0. The van der Waals surface area contributed by atoms with Crippen molar-refractivity contribution < 1.29 is 4.79 Å². The van der Waals surface area contributed by atoms with Gasteiger partial charge in [0, 0.05) is 25.7 Å². The van der Waals surface area contributed by atoms with Crippen LogP contribution in [0.25, 0.3) is 5.69 Å². The fraction of sp³-hybridized carbons (Fsp3) is 0.421. The SMILES string of the molecule is C#CCCC1(CCC(=O)NC(C)c2nn(-c3ccccc3)nc2C)N=N1. The molecule has 0 fully saturated rings. The van der Waals surface area contributed by atoms with E-state index in [9.17, 15) is 4.79 Å². The molecule has 7 heteroatoms. The zero-order chi connectivity index (χ0) is 18.6. The summed E-state index contributed by atoms with van der Waals surface area (Å²) < 4.78 is 0. The molecule has 7 nitrogen and oxygen atoms in total. The lowest BCUT2D eigenvalue weighted by Gasteiger charge is -2.13. The van der Waals surface area contributed by atoms with Gasteiger partial charge < -0.3 is 5.32 Å². The molecule has 0 saturated carbocycles. The van der Waals surface area contributed by atoms with Gasteiger partial charge in [-0.1, -0.05) is 18.2 Å². The maximum Gasteiger partial charge on any atom is 0.220 e. The highest BCUT2D eigenvalue weighted by Crippen LogP contribution is 2.37. The van der Waals surface area contributed by atoms with E-state index >= 15 is 0 Å². The minimum atomic E-state index is -0.431. The summed E-state index contributed by atoms with van der Waals surface area (Å²) in [6, 6.07) is 9.45. The average Bonchev–Trinajstić information content (AvgIpc) is 3.32. The molecule has 1 amide bonds. The van der Waals surface area contributed by atoms with Crippen molar-refractivity contribution >= 4 is 5.91 Å². The third kappa shape index (κ3) is 4.14. The number of carbonyl (C=O) groups is 1. The molecule has 1 aromatic heterocycles. The number of hydrogen-bond donors (Lipinski definition) is 1. The van der Waals surface area contributed by atoms with E-state index in [4.69, 9.17) is 6.42 Å². The van der Waals surface area contributed by atoms with Crippen molar-refractivity contribution in [3.05, 3.63) is 41.7 Å². The Labute approximate surface area is 152 Å². The predicted octanol–water partition coefficient (Wildman–Crippen LogP) is 3.11. The molecule has 134 valence electrons. The molecule has 0 bridgehead atoms. The second-order valence-electron chi connectivity index (χ2n) is 6.47. The van der Waals surface area contributed by atoms with Crippen LogP contribution in [0.4, 0.5) is 0 Å².